The van der Waals surface area contributed by atoms with Gasteiger partial charge in [-0.25, -0.2) is 9.59 Å². The summed E-state index contributed by atoms with van der Waals surface area (Å²) in [4.78, 5) is 24.8. The Morgan fingerprint density at radius 2 is 1.48 bits per heavy atom. The predicted octanol–water partition coefficient (Wildman–Crippen LogP) is 1.57. The van der Waals surface area contributed by atoms with Gasteiger partial charge < -0.3 is 5.21 Å². The fraction of sp³-hybridized carbons (Fsp3) is 0.250. The molecule has 6 nitrogen and oxygen atoms in total. The molecule has 118 valence electrons. The van der Waals surface area contributed by atoms with E-state index < -0.39 is 25.9 Å². The van der Waals surface area contributed by atoms with Crippen LogP contribution in [0.3, 0.4) is 0 Å². The van der Waals surface area contributed by atoms with Gasteiger partial charge in [0.2, 0.25) is 0 Å². The second kappa shape index (κ2) is 4.25. The Morgan fingerprint density at radius 1 is 1.00 bits per heavy atom. The molecule has 3 aliphatic rings. The summed E-state index contributed by atoms with van der Waals surface area (Å²) in [7, 11) is -4.70. The van der Waals surface area contributed by atoms with Crippen LogP contribution in [-0.2, 0) is 19.6 Å². The normalized spacial score (nSPS) is 32.1. The number of fused-ring (bicyclic) bond motifs is 4. The topological polar surface area (TPSA) is 91.3 Å². The molecule has 1 aromatic carbocycles. The van der Waals surface area contributed by atoms with Crippen LogP contribution in [0, 0.1) is 24.0 Å². The Morgan fingerprint density at radius 3 is 1.96 bits per heavy atom. The number of nitrogens with zero attached hydrogens (tertiary/aromatic N) is 1. The average Bonchev–Trinajstić information content (AvgIpc) is 3.18. The van der Waals surface area contributed by atoms with Crippen LogP contribution < -0.4 is 0 Å². The minimum Gasteiger partial charge on any atom is -0.601 e. The van der Waals surface area contributed by atoms with Crippen LogP contribution in [0.2, 0.25) is 0 Å². The second-order valence-corrected chi connectivity index (χ2v) is 8.05. The lowest BCUT2D eigenvalue weighted by Gasteiger charge is -2.32. The molecule has 0 saturated carbocycles. The van der Waals surface area contributed by atoms with Gasteiger partial charge in [0, 0.05) is 11.8 Å². The Bertz CT molecular complexity index is 890. The third-order valence-corrected chi connectivity index (χ3v) is 6.64. The highest BCUT2D eigenvalue weighted by Crippen LogP contribution is 2.51. The van der Waals surface area contributed by atoms with Crippen molar-refractivity contribution in [2.45, 2.75) is 18.2 Å². The molecule has 1 aliphatic heterocycles. The smallest absolute Gasteiger partial charge is 0.366 e. The summed E-state index contributed by atoms with van der Waals surface area (Å²) in [5, 5.41) is 13.0. The Balaban J connectivity index is 1.85. The number of quaternary nitrogens is 1. The number of aryl methyl sites for hydroxylation is 1. The van der Waals surface area contributed by atoms with Gasteiger partial charge in [-0.15, -0.1) is 4.05 Å². The zero-order valence-corrected chi connectivity index (χ0v) is 13.0. The maximum absolute atomic E-state index is 13.0. The van der Waals surface area contributed by atoms with Crippen LogP contribution in [0.1, 0.15) is 12.0 Å². The van der Waals surface area contributed by atoms with Gasteiger partial charge in [-0.05, 0) is 25.5 Å². The minimum absolute atomic E-state index is 0.0909. The molecule has 0 fully saturated rings. The highest BCUT2D eigenvalue weighted by molar-refractivity contribution is 7.86. The molecule has 2 aliphatic carbocycles. The fourth-order valence-corrected chi connectivity index (χ4v) is 4.97. The van der Waals surface area contributed by atoms with Gasteiger partial charge in [0.05, 0.1) is 11.1 Å². The van der Waals surface area contributed by atoms with Crippen LogP contribution in [0.5, 0.6) is 0 Å². The molecule has 0 spiro atoms. The van der Waals surface area contributed by atoms with E-state index in [1.165, 1.54) is 24.3 Å². The first kappa shape index (κ1) is 14.5. The van der Waals surface area contributed by atoms with E-state index in [0.29, 0.717) is 6.42 Å². The maximum Gasteiger partial charge on any atom is 0.366 e. The van der Waals surface area contributed by atoms with Crippen molar-refractivity contribution in [3.8, 4) is 0 Å². The molecule has 2 unspecified atom stereocenters. The van der Waals surface area contributed by atoms with Crippen LogP contribution in [0.25, 0.3) is 0 Å². The summed E-state index contributed by atoms with van der Waals surface area (Å²) in [6.07, 6.45) is 4.11. The van der Waals surface area contributed by atoms with Crippen molar-refractivity contribution in [2.24, 2.45) is 11.8 Å². The van der Waals surface area contributed by atoms with E-state index in [4.69, 9.17) is 0 Å². The van der Waals surface area contributed by atoms with Crippen LogP contribution >= 0.6 is 0 Å². The first-order valence-corrected chi connectivity index (χ1v) is 8.66. The summed E-state index contributed by atoms with van der Waals surface area (Å²) in [6.45, 7) is 1.77. The monoisotopic (exact) mass is 331 g/mol. The van der Waals surface area contributed by atoms with Gasteiger partial charge in [0.1, 0.15) is 4.90 Å². The van der Waals surface area contributed by atoms with Crippen molar-refractivity contribution in [1.29, 1.82) is 0 Å². The molecule has 2 bridgehead atoms. The summed E-state index contributed by atoms with van der Waals surface area (Å²) in [5.41, 5.74) is 0.990. The lowest BCUT2D eigenvalue weighted by Crippen LogP contribution is -2.53. The quantitative estimate of drug-likeness (QED) is 0.355. The number of carbonyl (C=O) groups excluding carboxylic acids is 2. The van der Waals surface area contributed by atoms with E-state index in [0.717, 1.165) is 5.56 Å². The van der Waals surface area contributed by atoms with Gasteiger partial charge in [-0.3, -0.25) is 0 Å². The van der Waals surface area contributed by atoms with E-state index >= 15 is 0 Å². The summed E-state index contributed by atoms with van der Waals surface area (Å²) >= 11 is 0. The first-order valence-electron chi connectivity index (χ1n) is 7.22. The average molecular weight is 331 g/mol. The lowest BCUT2D eigenvalue weighted by molar-refractivity contribution is -0.582. The Labute approximate surface area is 132 Å². The molecule has 0 aromatic heterocycles. The van der Waals surface area contributed by atoms with Gasteiger partial charge in [-0.2, -0.15) is 8.42 Å². The predicted molar refractivity (Wildman–Crippen MR) is 79.8 cm³/mol. The van der Waals surface area contributed by atoms with Crippen molar-refractivity contribution in [2.75, 3.05) is 0 Å². The molecule has 1 aromatic rings. The van der Waals surface area contributed by atoms with Gasteiger partial charge in [-0.1, -0.05) is 29.8 Å². The zero-order chi connectivity index (χ0) is 16.6. The zero-order valence-electron chi connectivity index (χ0n) is 12.2. The number of sulfonamides is 1. The first-order chi connectivity index (χ1) is 10.8. The highest BCUT2D eigenvalue weighted by Gasteiger charge is 2.63. The highest BCUT2D eigenvalue weighted by atomic mass is 32.2. The standard InChI is InChI=1S/C16H13NO5S/c1-9-2-6-12(7-3-9)23(21,22)17(20)15(18)13-10-4-5-11(8-10)14(13)16(17)19/h2-7,10-11H,8H2,1H3. The lowest BCUT2D eigenvalue weighted by atomic mass is 9.99. The molecule has 2 atom stereocenters. The number of rotatable bonds is 2. The minimum atomic E-state index is -4.70. The van der Waals surface area contributed by atoms with Gasteiger partial charge in [0.15, 0.2) is 0 Å². The molecule has 0 radical (unpaired) electrons. The van der Waals surface area contributed by atoms with E-state index in [9.17, 15) is 23.2 Å². The summed E-state index contributed by atoms with van der Waals surface area (Å²) in [6, 6.07) is 5.55. The van der Waals surface area contributed by atoms with Crippen LogP contribution in [-0.4, -0.2) is 24.3 Å². The van der Waals surface area contributed by atoms with E-state index in [1.54, 1.807) is 19.1 Å². The number of amides is 2. The maximum atomic E-state index is 13.0. The number of hydrogen-bond acceptors (Lipinski definition) is 5. The molecule has 4 rings (SSSR count). The van der Waals surface area contributed by atoms with E-state index in [1.807, 2.05) is 0 Å². The number of benzene rings is 1. The molecule has 23 heavy (non-hydrogen) atoms. The van der Waals surface area contributed by atoms with Crippen molar-refractivity contribution in [3.05, 3.63) is 58.3 Å². The molecule has 0 saturated heterocycles. The molecular formula is C16H13NO5S. The number of carbonyl (C=O) groups is 2. The van der Waals surface area contributed by atoms with Crippen molar-refractivity contribution >= 4 is 21.8 Å². The van der Waals surface area contributed by atoms with Crippen molar-refractivity contribution < 1.29 is 22.1 Å². The second-order valence-electron chi connectivity index (χ2n) is 6.11. The molecular weight excluding hydrogens is 318 g/mol. The number of hydroxylamine groups is 2. The largest absolute Gasteiger partial charge is 0.601 e. The van der Waals surface area contributed by atoms with Crippen molar-refractivity contribution in [3.63, 3.8) is 0 Å². The Hall–Kier alpha value is -2.09. The number of allylic oxidation sites excluding steroid dienone is 2. The van der Waals surface area contributed by atoms with E-state index in [2.05, 4.69) is 0 Å². The van der Waals surface area contributed by atoms with Crippen molar-refractivity contribution in [1.82, 2.24) is 0 Å². The van der Waals surface area contributed by atoms with Gasteiger partial charge in [0.25, 0.3) is 0 Å². The SMILES string of the molecule is Cc1ccc(S(=O)(=O)[N+]2([O-])C(=O)C3=C(C2=O)C2C=CC3C2)cc1. The fourth-order valence-electron chi connectivity index (χ4n) is 3.56. The van der Waals surface area contributed by atoms with Crippen LogP contribution in [0.15, 0.2) is 52.5 Å². The Kier molecular flexibility index (Phi) is 2.68. The third-order valence-electron chi connectivity index (χ3n) is 4.77. The molecule has 0 N–H and O–H groups in total. The third kappa shape index (κ3) is 1.56. The molecule has 2 amide bonds. The molecule has 1 heterocycles. The summed E-state index contributed by atoms with van der Waals surface area (Å²) < 4.78 is 23.0. The number of hydrogen-bond donors (Lipinski definition) is 0. The summed E-state index contributed by atoms with van der Waals surface area (Å²) in [5.74, 6) is -2.92. The molecule has 7 heteroatoms. The van der Waals surface area contributed by atoms with Gasteiger partial charge >= 0.3 is 21.8 Å². The van der Waals surface area contributed by atoms with E-state index in [-0.39, 0.29) is 27.9 Å². The van der Waals surface area contributed by atoms with Crippen LogP contribution in [0.4, 0.5) is 0 Å². The number of imide groups is 1.